The molecule has 6 nitrogen and oxygen atoms in total. The van der Waals surface area contributed by atoms with Crippen LogP contribution in [0.15, 0.2) is 53.4 Å². The largest absolute Gasteiger partial charge is 0.326 e. The molecule has 1 amide bonds. The highest BCUT2D eigenvalue weighted by molar-refractivity contribution is 7.89. The van der Waals surface area contributed by atoms with Crippen LogP contribution in [0.1, 0.15) is 24.8 Å². The molecule has 0 spiro atoms. The van der Waals surface area contributed by atoms with Gasteiger partial charge < -0.3 is 10.2 Å². The van der Waals surface area contributed by atoms with E-state index in [1.54, 1.807) is 24.3 Å². The highest BCUT2D eigenvalue weighted by atomic mass is 32.2. The number of piperidine rings is 1. The van der Waals surface area contributed by atoms with Crippen molar-refractivity contribution in [3.63, 3.8) is 0 Å². The van der Waals surface area contributed by atoms with Crippen LogP contribution in [-0.2, 0) is 21.4 Å². The van der Waals surface area contributed by atoms with Gasteiger partial charge in [0.2, 0.25) is 10.0 Å². The Bertz CT molecular complexity index is 959. The predicted octanol–water partition coefficient (Wildman–Crippen LogP) is 1.65. The summed E-state index contributed by atoms with van der Waals surface area (Å²) in [6, 6.07) is 12.7. The number of quaternary nitrogens is 1. The standard InChI is InChI=1S/C21H26FN3O3S/c1-24(15-17-7-5-8-18(22)13-17)16-21(26)23-19-9-6-10-20(14-19)29(27,28)25-11-3-2-4-12-25/h5-10,13-14H,2-4,11-12,15-16H2,1H3,(H,23,26)/p+1. The van der Waals surface area contributed by atoms with E-state index in [0.717, 1.165) is 29.7 Å². The van der Waals surface area contributed by atoms with Crippen molar-refractivity contribution in [3.8, 4) is 0 Å². The molecule has 0 radical (unpaired) electrons. The first-order valence-corrected chi connectivity index (χ1v) is 11.2. The molecule has 1 saturated heterocycles. The zero-order chi connectivity index (χ0) is 20.9. The number of anilines is 1. The number of amides is 1. The van der Waals surface area contributed by atoms with Gasteiger partial charge in [-0.05, 0) is 43.2 Å². The van der Waals surface area contributed by atoms with Crippen molar-refractivity contribution in [2.24, 2.45) is 0 Å². The summed E-state index contributed by atoms with van der Waals surface area (Å²) in [5.41, 5.74) is 1.26. The molecule has 156 valence electrons. The molecular formula is C21H27FN3O3S+. The van der Waals surface area contributed by atoms with Crippen LogP contribution in [0.4, 0.5) is 10.1 Å². The molecule has 0 bridgehead atoms. The Morgan fingerprint density at radius 3 is 2.55 bits per heavy atom. The van der Waals surface area contributed by atoms with E-state index in [0.29, 0.717) is 25.3 Å². The molecule has 1 atom stereocenters. The van der Waals surface area contributed by atoms with Gasteiger partial charge in [-0.15, -0.1) is 0 Å². The van der Waals surface area contributed by atoms with E-state index < -0.39 is 10.0 Å². The summed E-state index contributed by atoms with van der Waals surface area (Å²) in [6.07, 6.45) is 2.79. The zero-order valence-electron chi connectivity index (χ0n) is 16.5. The van der Waals surface area contributed by atoms with Gasteiger partial charge in [0.1, 0.15) is 12.4 Å². The fourth-order valence-electron chi connectivity index (χ4n) is 3.53. The van der Waals surface area contributed by atoms with E-state index in [2.05, 4.69) is 5.32 Å². The lowest BCUT2D eigenvalue weighted by molar-refractivity contribution is -0.885. The molecule has 1 fully saturated rings. The number of likely N-dealkylation sites (N-methyl/N-ethyl adjacent to an activating group) is 1. The lowest BCUT2D eigenvalue weighted by Crippen LogP contribution is -3.08. The lowest BCUT2D eigenvalue weighted by Gasteiger charge is -2.26. The summed E-state index contributed by atoms with van der Waals surface area (Å²) < 4.78 is 40.4. The van der Waals surface area contributed by atoms with E-state index in [1.807, 2.05) is 13.1 Å². The van der Waals surface area contributed by atoms with E-state index in [1.165, 1.54) is 22.5 Å². The summed E-state index contributed by atoms with van der Waals surface area (Å²) in [7, 11) is -1.70. The van der Waals surface area contributed by atoms with Crippen molar-refractivity contribution in [2.75, 3.05) is 32.0 Å². The van der Waals surface area contributed by atoms with E-state index >= 15 is 0 Å². The summed E-state index contributed by atoms with van der Waals surface area (Å²) in [5.74, 6) is -0.530. The molecule has 2 aromatic rings. The van der Waals surface area contributed by atoms with Crippen molar-refractivity contribution in [1.29, 1.82) is 0 Å². The third-order valence-corrected chi connectivity index (χ3v) is 6.82. The Morgan fingerprint density at radius 1 is 1.10 bits per heavy atom. The van der Waals surface area contributed by atoms with Gasteiger partial charge >= 0.3 is 0 Å². The van der Waals surface area contributed by atoms with E-state index in [9.17, 15) is 17.6 Å². The molecule has 29 heavy (non-hydrogen) atoms. The Labute approximate surface area is 171 Å². The molecule has 1 aliphatic heterocycles. The van der Waals surface area contributed by atoms with Gasteiger partial charge in [-0.3, -0.25) is 4.79 Å². The summed E-state index contributed by atoms with van der Waals surface area (Å²) >= 11 is 0. The van der Waals surface area contributed by atoms with Gasteiger partial charge in [-0.1, -0.05) is 24.6 Å². The molecule has 0 saturated carbocycles. The molecule has 1 aliphatic rings. The van der Waals surface area contributed by atoms with Crippen LogP contribution in [-0.4, -0.2) is 45.3 Å². The Kier molecular flexibility index (Phi) is 7.00. The van der Waals surface area contributed by atoms with Crippen molar-refractivity contribution in [2.45, 2.75) is 30.7 Å². The number of nitrogens with zero attached hydrogens (tertiary/aromatic N) is 1. The van der Waals surface area contributed by atoms with Crippen LogP contribution in [0, 0.1) is 5.82 Å². The van der Waals surface area contributed by atoms with Crippen molar-refractivity contribution in [3.05, 3.63) is 59.9 Å². The normalized spacial score (nSPS) is 16.3. The second kappa shape index (κ2) is 9.47. The minimum atomic E-state index is -3.55. The van der Waals surface area contributed by atoms with Crippen LogP contribution in [0.3, 0.4) is 0 Å². The molecule has 2 N–H and O–H groups in total. The van der Waals surface area contributed by atoms with Gasteiger partial charge in [0, 0.05) is 24.3 Å². The summed E-state index contributed by atoms with van der Waals surface area (Å²) in [5, 5.41) is 2.77. The fourth-order valence-corrected chi connectivity index (χ4v) is 5.09. The lowest BCUT2D eigenvalue weighted by atomic mass is 10.2. The average molecular weight is 421 g/mol. The van der Waals surface area contributed by atoms with E-state index in [-0.39, 0.29) is 23.2 Å². The molecule has 3 rings (SSSR count). The first-order chi connectivity index (χ1) is 13.8. The molecule has 1 heterocycles. The first kappa shape index (κ1) is 21.4. The third kappa shape index (κ3) is 5.85. The number of halogens is 1. The number of hydrogen-bond acceptors (Lipinski definition) is 3. The number of hydrogen-bond donors (Lipinski definition) is 2. The van der Waals surface area contributed by atoms with Crippen LogP contribution in [0.5, 0.6) is 0 Å². The summed E-state index contributed by atoms with van der Waals surface area (Å²) in [4.78, 5) is 13.5. The number of rotatable bonds is 7. The quantitative estimate of drug-likeness (QED) is 0.716. The first-order valence-electron chi connectivity index (χ1n) is 9.80. The maximum atomic E-state index is 13.3. The monoisotopic (exact) mass is 420 g/mol. The fraction of sp³-hybridized carbons (Fsp3) is 0.381. The predicted molar refractivity (Wildman–Crippen MR) is 110 cm³/mol. The Morgan fingerprint density at radius 2 is 1.83 bits per heavy atom. The highest BCUT2D eigenvalue weighted by Gasteiger charge is 2.26. The third-order valence-electron chi connectivity index (χ3n) is 4.93. The maximum Gasteiger partial charge on any atom is 0.279 e. The van der Waals surface area contributed by atoms with Gasteiger partial charge in [0.25, 0.3) is 5.91 Å². The average Bonchev–Trinajstić information content (AvgIpc) is 2.68. The minimum absolute atomic E-state index is 0.180. The number of carbonyl (C=O) groups excluding carboxylic acids is 1. The Hall–Kier alpha value is -2.29. The smallest absolute Gasteiger partial charge is 0.279 e. The van der Waals surface area contributed by atoms with Crippen molar-refractivity contribution in [1.82, 2.24) is 4.31 Å². The topological polar surface area (TPSA) is 70.9 Å². The van der Waals surface area contributed by atoms with Crippen molar-refractivity contribution < 1.29 is 22.5 Å². The second-order valence-electron chi connectivity index (χ2n) is 7.48. The van der Waals surface area contributed by atoms with E-state index in [4.69, 9.17) is 0 Å². The number of sulfonamides is 1. The van der Waals surface area contributed by atoms with Crippen LogP contribution in [0.2, 0.25) is 0 Å². The molecule has 0 aliphatic carbocycles. The van der Waals surface area contributed by atoms with Crippen LogP contribution >= 0.6 is 0 Å². The van der Waals surface area contributed by atoms with Gasteiger partial charge in [0.05, 0.1) is 11.9 Å². The number of carbonyl (C=O) groups is 1. The van der Waals surface area contributed by atoms with Gasteiger partial charge in [-0.25, -0.2) is 12.8 Å². The molecular weight excluding hydrogens is 393 g/mol. The highest BCUT2D eigenvalue weighted by Crippen LogP contribution is 2.22. The summed E-state index contributed by atoms with van der Waals surface area (Å²) in [6.45, 7) is 1.76. The van der Waals surface area contributed by atoms with Crippen LogP contribution in [0.25, 0.3) is 0 Å². The number of nitrogens with one attached hydrogen (secondary N) is 2. The van der Waals surface area contributed by atoms with Gasteiger partial charge in [-0.2, -0.15) is 4.31 Å². The molecule has 0 aromatic heterocycles. The molecule has 2 aromatic carbocycles. The molecule has 8 heteroatoms. The minimum Gasteiger partial charge on any atom is -0.326 e. The SMILES string of the molecule is C[NH+](CC(=O)Nc1cccc(S(=O)(=O)N2CCCCC2)c1)Cc1cccc(F)c1. The maximum absolute atomic E-state index is 13.3. The van der Waals surface area contributed by atoms with Crippen LogP contribution < -0.4 is 10.2 Å². The zero-order valence-corrected chi connectivity index (χ0v) is 17.3. The second-order valence-corrected chi connectivity index (χ2v) is 9.42. The number of benzene rings is 2. The van der Waals surface area contributed by atoms with Gasteiger partial charge in [0.15, 0.2) is 6.54 Å². The Balaban J connectivity index is 1.61. The van der Waals surface area contributed by atoms with Crippen molar-refractivity contribution >= 4 is 21.6 Å². The molecule has 1 unspecified atom stereocenters.